The summed E-state index contributed by atoms with van der Waals surface area (Å²) in [5.74, 6) is -1.12. The fourth-order valence-corrected chi connectivity index (χ4v) is 3.49. The van der Waals surface area contributed by atoms with Crippen LogP contribution >= 0.6 is 0 Å². The molecule has 0 saturated carbocycles. The summed E-state index contributed by atoms with van der Waals surface area (Å²) in [6, 6.07) is 21.3. The lowest BCUT2D eigenvalue weighted by Gasteiger charge is -2.25. The summed E-state index contributed by atoms with van der Waals surface area (Å²) in [6.07, 6.45) is 0.139. The molecule has 0 fully saturated rings. The van der Waals surface area contributed by atoms with E-state index in [9.17, 15) is 14.4 Å². The highest BCUT2D eigenvalue weighted by Crippen LogP contribution is 2.29. The fraction of sp³-hybridized carbons (Fsp3) is 0.125. The van der Waals surface area contributed by atoms with E-state index in [0.29, 0.717) is 5.75 Å². The lowest BCUT2D eigenvalue weighted by Crippen LogP contribution is -2.48. The van der Waals surface area contributed by atoms with Crippen LogP contribution in [0.5, 0.6) is 11.5 Å². The Labute approximate surface area is 173 Å². The van der Waals surface area contributed by atoms with Crippen molar-refractivity contribution in [2.45, 2.75) is 12.5 Å². The number of fused-ring (bicyclic) bond motifs is 1. The van der Waals surface area contributed by atoms with Gasteiger partial charge in [0.05, 0.1) is 18.2 Å². The normalized spacial score (nSPS) is 13.7. The molecule has 2 amide bonds. The minimum absolute atomic E-state index is 0.139. The number of ether oxygens (including phenoxy) is 2. The monoisotopic (exact) mass is 401 g/mol. The Bertz CT molecular complexity index is 1070. The van der Waals surface area contributed by atoms with Gasteiger partial charge in [-0.2, -0.15) is 0 Å². The van der Waals surface area contributed by atoms with Crippen molar-refractivity contribution in [3.63, 3.8) is 0 Å². The van der Waals surface area contributed by atoms with Crippen LogP contribution in [0.15, 0.2) is 78.9 Å². The predicted molar refractivity (Wildman–Crippen MR) is 110 cm³/mol. The van der Waals surface area contributed by atoms with Crippen LogP contribution in [0.1, 0.15) is 26.3 Å². The van der Waals surface area contributed by atoms with Gasteiger partial charge in [0.25, 0.3) is 11.8 Å². The molecule has 0 radical (unpaired) electrons. The zero-order valence-corrected chi connectivity index (χ0v) is 16.3. The molecule has 0 N–H and O–H groups in total. The van der Waals surface area contributed by atoms with Gasteiger partial charge in [-0.1, -0.05) is 54.6 Å². The molecule has 0 aliphatic carbocycles. The molecule has 1 aliphatic rings. The third-order valence-electron chi connectivity index (χ3n) is 4.96. The average Bonchev–Trinajstić information content (AvgIpc) is 3.03. The van der Waals surface area contributed by atoms with Crippen LogP contribution in [0.25, 0.3) is 0 Å². The molecule has 0 saturated heterocycles. The number of imide groups is 1. The van der Waals surface area contributed by atoms with E-state index < -0.39 is 23.8 Å². The van der Waals surface area contributed by atoms with Crippen LogP contribution in [0, 0.1) is 0 Å². The summed E-state index contributed by atoms with van der Waals surface area (Å²) in [7, 11) is 1.47. The second kappa shape index (κ2) is 8.21. The maximum atomic E-state index is 13.2. The Kier molecular flexibility index (Phi) is 5.30. The van der Waals surface area contributed by atoms with E-state index in [0.717, 1.165) is 10.5 Å². The van der Waals surface area contributed by atoms with E-state index in [1.807, 2.05) is 30.3 Å². The van der Waals surface area contributed by atoms with E-state index in [-0.39, 0.29) is 23.3 Å². The molecule has 6 nitrogen and oxygen atoms in total. The predicted octanol–water partition coefficient (Wildman–Crippen LogP) is 3.51. The van der Waals surface area contributed by atoms with Gasteiger partial charge in [-0.3, -0.25) is 14.5 Å². The summed E-state index contributed by atoms with van der Waals surface area (Å²) < 4.78 is 10.8. The third-order valence-corrected chi connectivity index (χ3v) is 4.96. The van der Waals surface area contributed by atoms with Crippen LogP contribution in [-0.2, 0) is 11.2 Å². The van der Waals surface area contributed by atoms with E-state index >= 15 is 0 Å². The summed E-state index contributed by atoms with van der Waals surface area (Å²) in [6.45, 7) is 0. The fourth-order valence-electron chi connectivity index (χ4n) is 3.49. The number of methoxy groups -OCH3 is 1. The topological polar surface area (TPSA) is 72.9 Å². The number of esters is 1. The molecule has 0 unspecified atom stereocenters. The van der Waals surface area contributed by atoms with Crippen molar-refractivity contribution in [2.75, 3.05) is 7.11 Å². The van der Waals surface area contributed by atoms with Crippen molar-refractivity contribution < 1.29 is 23.9 Å². The molecule has 0 spiro atoms. The van der Waals surface area contributed by atoms with Crippen LogP contribution in [0.3, 0.4) is 0 Å². The number of benzene rings is 3. The van der Waals surface area contributed by atoms with Gasteiger partial charge in [0.1, 0.15) is 6.04 Å². The quantitative estimate of drug-likeness (QED) is 0.359. The summed E-state index contributed by atoms with van der Waals surface area (Å²) >= 11 is 0. The molecule has 0 aromatic heterocycles. The molecule has 1 aliphatic heterocycles. The van der Waals surface area contributed by atoms with Gasteiger partial charge in [0.15, 0.2) is 11.5 Å². The molecule has 3 aromatic carbocycles. The largest absolute Gasteiger partial charge is 0.493 e. The number of rotatable bonds is 6. The molecule has 0 bridgehead atoms. The van der Waals surface area contributed by atoms with Crippen molar-refractivity contribution in [3.05, 3.63) is 95.6 Å². The molecule has 3 aromatic rings. The smallest absolute Gasteiger partial charge is 0.335 e. The number of carbonyl (C=O) groups excluding carboxylic acids is 3. The van der Waals surface area contributed by atoms with Crippen molar-refractivity contribution in [1.29, 1.82) is 0 Å². The Morgan fingerprint density at radius 2 is 1.33 bits per heavy atom. The van der Waals surface area contributed by atoms with Crippen LogP contribution < -0.4 is 9.47 Å². The van der Waals surface area contributed by atoms with Gasteiger partial charge >= 0.3 is 5.97 Å². The second-order valence-corrected chi connectivity index (χ2v) is 6.80. The highest BCUT2D eigenvalue weighted by Gasteiger charge is 2.43. The lowest BCUT2D eigenvalue weighted by molar-refractivity contribution is -0.138. The molecule has 30 heavy (non-hydrogen) atoms. The van der Waals surface area contributed by atoms with Crippen molar-refractivity contribution in [2.24, 2.45) is 0 Å². The minimum Gasteiger partial charge on any atom is -0.493 e. The SMILES string of the molecule is COc1ccccc1OC(=O)[C@H](Cc1ccccc1)N1C(=O)c2ccccc2C1=O. The minimum atomic E-state index is -1.12. The van der Waals surface area contributed by atoms with Gasteiger partial charge < -0.3 is 9.47 Å². The summed E-state index contributed by atoms with van der Waals surface area (Å²) in [5.41, 5.74) is 1.37. The van der Waals surface area contributed by atoms with E-state index in [4.69, 9.17) is 9.47 Å². The first-order chi connectivity index (χ1) is 14.6. The molecule has 150 valence electrons. The Morgan fingerprint density at radius 3 is 1.93 bits per heavy atom. The number of amides is 2. The van der Waals surface area contributed by atoms with Gasteiger partial charge in [-0.05, 0) is 29.8 Å². The Hall–Kier alpha value is -3.93. The number of carbonyl (C=O) groups is 3. The van der Waals surface area contributed by atoms with Crippen molar-refractivity contribution in [3.8, 4) is 11.5 Å². The summed E-state index contributed by atoms with van der Waals surface area (Å²) in [5, 5.41) is 0. The Balaban J connectivity index is 1.69. The van der Waals surface area contributed by atoms with E-state index in [1.54, 1.807) is 48.5 Å². The molecular weight excluding hydrogens is 382 g/mol. The number of hydrogen-bond acceptors (Lipinski definition) is 5. The maximum absolute atomic E-state index is 13.2. The van der Waals surface area contributed by atoms with Crippen molar-refractivity contribution in [1.82, 2.24) is 4.90 Å². The first-order valence-corrected chi connectivity index (χ1v) is 9.45. The first kappa shape index (κ1) is 19.4. The zero-order chi connectivity index (χ0) is 21.1. The zero-order valence-electron chi connectivity index (χ0n) is 16.3. The lowest BCUT2D eigenvalue weighted by atomic mass is 10.0. The van der Waals surface area contributed by atoms with Crippen LogP contribution in [0.2, 0.25) is 0 Å². The van der Waals surface area contributed by atoms with Crippen LogP contribution in [0.4, 0.5) is 0 Å². The molecule has 1 atom stereocenters. The van der Waals surface area contributed by atoms with Crippen LogP contribution in [-0.4, -0.2) is 35.8 Å². The number of nitrogens with zero attached hydrogens (tertiary/aromatic N) is 1. The van der Waals surface area contributed by atoms with Crippen molar-refractivity contribution >= 4 is 17.8 Å². The number of hydrogen-bond donors (Lipinski definition) is 0. The van der Waals surface area contributed by atoms with Gasteiger partial charge in [0.2, 0.25) is 0 Å². The van der Waals surface area contributed by atoms with E-state index in [1.165, 1.54) is 7.11 Å². The number of para-hydroxylation sites is 2. The highest BCUT2D eigenvalue weighted by atomic mass is 16.6. The Morgan fingerprint density at radius 1 is 0.800 bits per heavy atom. The van der Waals surface area contributed by atoms with E-state index in [2.05, 4.69) is 0 Å². The van der Waals surface area contributed by atoms with Gasteiger partial charge in [-0.15, -0.1) is 0 Å². The molecule has 4 rings (SSSR count). The summed E-state index contributed by atoms with van der Waals surface area (Å²) in [4.78, 5) is 40.2. The standard InChI is InChI=1S/C24H19NO5/c1-29-20-13-7-8-14-21(20)30-24(28)19(15-16-9-3-2-4-10-16)25-22(26)17-11-5-6-12-18(17)23(25)27/h2-14,19H,15H2,1H3/t19-/m0/s1. The second-order valence-electron chi connectivity index (χ2n) is 6.80. The van der Waals surface area contributed by atoms with Gasteiger partial charge in [-0.25, -0.2) is 4.79 Å². The molecule has 1 heterocycles. The third kappa shape index (κ3) is 3.55. The maximum Gasteiger partial charge on any atom is 0.335 e. The molecule has 6 heteroatoms. The van der Waals surface area contributed by atoms with Gasteiger partial charge in [0, 0.05) is 6.42 Å². The highest BCUT2D eigenvalue weighted by molar-refractivity contribution is 6.22. The average molecular weight is 401 g/mol. The first-order valence-electron chi connectivity index (χ1n) is 9.45. The molecular formula is C24H19NO5.